The van der Waals surface area contributed by atoms with Crippen molar-refractivity contribution in [3.63, 3.8) is 0 Å². The predicted molar refractivity (Wildman–Crippen MR) is 123 cm³/mol. The van der Waals surface area contributed by atoms with Crippen molar-refractivity contribution in [1.29, 1.82) is 0 Å². The third kappa shape index (κ3) is 6.98. The van der Waals surface area contributed by atoms with Crippen molar-refractivity contribution >= 4 is 30.2 Å². The molecule has 0 saturated carbocycles. The van der Waals surface area contributed by atoms with E-state index in [9.17, 15) is 4.79 Å². The molecule has 29 heavy (non-hydrogen) atoms. The van der Waals surface area contributed by atoms with Crippen molar-refractivity contribution in [2.45, 2.75) is 58.5 Å². The van der Waals surface area contributed by atoms with Crippen LogP contribution in [0.15, 0.2) is 46.9 Å². The van der Waals surface area contributed by atoms with Gasteiger partial charge in [-0.3, -0.25) is 4.79 Å². The second-order valence-electron chi connectivity index (χ2n) is 8.66. The molecule has 0 N–H and O–H groups in total. The number of carbonyl (C=O) groups is 1. The van der Waals surface area contributed by atoms with Crippen molar-refractivity contribution in [1.82, 2.24) is 0 Å². The summed E-state index contributed by atoms with van der Waals surface area (Å²) in [5.74, 6) is 0.542. The van der Waals surface area contributed by atoms with Crippen LogP contribution < -0.4 is 4.74 Å². The van der Waals surface area contributed by atoms with E-state index in [2.05, 4.69) is 55.9 Å². The van der Waals surface area contributed by atoms with Gasteiger partial charge in [0.2, 0.25) is 0 Å². The summed E-state index contributed by atoms with van der Waals surface area (Å²) in [4.78, 5) is 11.5. The lowest BCUT2D eigenvalue weighted by molar-refractivity contribution is -0.139. The number of rotatable bonds is 8. The van der Waals surface area contributed by atoms with E-state index < -0.39 is 8.32 Å². The van der Waals surface area contributed by atoms with E-state index >= 15 is 0 Å². The summed E-state index contributed by atoms with van der Waals surface area (Å²) >= 11 is 3.56. The second kappa shape index (κ2) is 9.91. The highest BCUT2D eigenvalue weighted by Gasteiger charge is 2.37. The van der Waals surface area contributed by atoms with E-state index in [-0.39, 0.29) is 17.4 Å². The molecule has 0 unspecified atom stereocenters. The van der Waals surface area contributed by atoms with Gasteiger partial charge in [-0.05, 0) is 47.5 Å². The number of methoxy groups -OCH3 is 1. The van der Waals surface area contributed by atoms with Crippen LogP contribution in [0.4, 0.5) is 0 Å². The van der Waals surface area contributed by atoms with E-state index in [0.717, 1.165) is 26.9 Å². The summed E-state index contributed by atoms with van der Waals surface area (Å²) in [7, 11) is -0.396. The maximum atomic E-state index is 11.5. The van der Waals surface area contributed by atoms with Crippen LogP contribution in [0.1, 0.15) is 37.5 Å². The molecule has 0 heterocycles. The Balaban J connectivity index is 2.02. The van der Waals surface area contributed by atoms with Crippen molar-refractivity contribution in [2.75, 3.05) is 7.11 Å². The monoisotopic (exact) mass is 478 g/mol. The summed E-state index contributed by atoms with van der Waals surface area (Å²) in [6, 6.07) is 13.8. The van der Waals surface area contributed by atoms with Crippen LogP contribution in [0.5, 0.6) is 5.75 Å². The first-order valence-electron chi connectivity index (χ1n) is 9.71. The predicted octanol–water partition coefficient (Wildman–Crippen LogP) is 6.27. The molecule has 0 aliphatic heterocycles. The van der Waals surface area contributed by atoms with E-state index in [1.165, 1.54) is 7.11 Å². The van der Waals surface area contributed by atoms with Gasteiger partial charge >= 0.3 is 5.97 Å². The number of carbonyl (C=O) groups excluding carboxylic acids is 1. The van der Waals surface area contributed by atoms with Gasteiger partial charge in [0.15, 0.2) is 8.32 Å². The van der Waals surface area contributed by atoms with Crippen LogP contribution in [0.25, 0.3) is 0 Å². The molecule has 0 bridgehead atoms. The topological polar surface area (TPSA) is 44.8 Å². The summed E-state index contributed by atoms with van der Waals surface area (Å²) < 4.78 is 18.0. The van der Waals surface area contributed by atoms with Crippen molar-refractivity contribution in [2.24, 2.45) is 0 Å². The van der Waals surface area contributed by atoms with Crippen LogP contribution in [0.2, 0.25) is 18.1 Å². The van der Waals surface area contributed by atoms with Gasteiger partial charge in [-0.2, -0.15) is 0 Å². The molecule has 0 atom stereocenters. The molecule has 0 radical (unpaired) electrons. The molecular weight excluding hydrogens is 448 g/mol. The van der Waals surface area contributed by atoms with E-state index in [1.54, 1.807) is 0 Å². The van der Waals surface area contributed by atoms with Crippen molar-refractivity contribution < 1.29 is 18.7 Å². The molecule has 2 aromatic rings. The first-order chi connectivity index (χ1) is 13.5. The molecule has 0 aliphatic carbocycles. The molecule has 6 heteroatoms. The Bertz CT molecular complexity index is 843. The van der Waals surface area contributed by atoms with Crippen LogP contribution >= 0.6 is 15.9 Å². The molecule has 0 aliphatic rings. The second-order valence-corrected chi connectivity index (χ2v) is 14.3. The molecule has 158 valence electrons. The SMILES string of the molecule is COC(=O)Cc1ccc(Br)c(COc2cccc(CO[Si](C)(C)C(C)(C)C)c2)c1. The fourth-order valence-electron chi connectivity index (χ4n) is 2.45. The Morgan fingerprint density at radius 2 is 1.76 bits per heavy atom. The maximum absolute atomic E-state index is 11.5. The Hall–Kier alpha value is -1.63. The van der Waals surface area contributed by atoms with Crippen LogP contribution in [-0.4, -0.2) is 21.4 Å². The zero-order valence-electron chi connectivity index (χ0n) is 18.2. The van der Waals surface area contributed by atoms with Gasteiger partial charge in [0.1, 0.15) is 12.4 Å². The standard InChI is InChI=1S/C23H31BrO4Si/c1-23(2,3)29(5,6)28-15-18-8-7-9-20(13-18)27-16-19-12-17(10-11-21(19)24)14-22(25)26-4/h7-13H,14-16H2,1-6H3. The van der Waals surface area contributed by atoms with E-state index in [4.69, 9.17) is 13.9 Å². The van der Waals surface area contributed by atoms with Crippen molar-refractivity contribution in [3.05, 3.63) is 63.6 Å². The van der Waals surface area contributed by atoms with Crippen LogP contribution in [-0.2, 0) is 33.6 Å². The highest BCUT2D eigenvalue weighted by atomic mass is 79.9. The highest BCUT2D eigenvalue weighted by molar-refractivity contribution is 9.10. The highest BCUT2D eigenvalue weighted by Crippen LogP contribution is 2.37. The Morgan fingerprint density at radius 1 is 1.03 bits per heavy atom. The third-order valence-corrected chi connectivity index (χ3v) is 10.6. The van der Waals surface area contributed by atoms with Gasteiger partial charge in [0, 0.05) is 10.0 Å². The normalized spacial score (nSPS) is 12.0. The first-order valence-corrected chi connectivity index (χ1v) is 13.4. The van der Waals surface area contributed by atoms with E-state index in [0.29, 0.717) is 13.2 Å². The third-order valence-electron chi connectivity index (χ3n) is 5.38. The number of ether oxygens (including phenoxy) is 2. The van der Waals surface area contributed by atoms with Gasteiger partial charge in [-0.25, -0.2) is 0 Å². The molecule has 2 aromatic carbocycles. The Morgan fingerprint density at radius 3 is 2.41 bits per heavy atom. The minimum Gasteiger partial charge on any atom is -0.489 e. The fraction of sp³-hybridized carbons (Fsp3) is 0.435. The molecule has 0 fully saturated rings. The smallest absolute Gasteiger partial charge is 0.309 e. The van der Waals surface area contributed by atoms with Gasteiger partial charge in [-0.1, -0.05) is 61.0 Å². The number of benzene rings is 2. The van der Waals surface area contributed by atoms with Crippen molar-refractivity contribution in [3.8, 4) is 5.75 Å². The van der Waals surface area contributed by atoms with Gasteiger partial charge < -0.3 is 13.9 Å². The lowest BCUT2D eigenvalue weighted by atomic mass is 10.1. The minimum absolute atomic E-state index is 0.183. The minimum atomic E-state index is -1.79. The molecule has 0 amide bonds. The summed E-state index contributed by atoms with van der Waals surface area (Å²) in [6.07, 6.45) is 0.247. The molecule has 0 aromatic heterocycles. The molecule has 2 rings (SSSR count). The molecule has 0 spiro atoms. The average molecular weight is 479 g/mol. The maximum Gasteiger partial charge on any atom is 0.309 e. The molecular formula is C23H31BrO4Si. The quantitative estimate of drug-likeness (QED) is 0.331. The number of halogens is 1. The van der Waals surface area contributed by atoms with Gasteiger partial charge in [-0.15, -0.1) is 0 Å². The Labute approximate surface area is 183 Å². The zero-order valence-corrected chi connectivity index (χ0v) is 20.8. The van der Waals surface area contributed by atoms with Gasteiger partial charge in [0.25, 0.3) is 0 Å². The summed E-state index contributed by atoms with van der Waals surface area (Å²) in [6.45, 7) is 12.2. The lowest BCUT2D eigenvalue weighted by Gasteiger charge is -2.36. The van der Waals surface area contributed by atoms with Crippen LogP contribution in [0.3, 0.4) is 0 Å². The summed E-state index contributed by atoms with van der Waals surface area (Å²) in [5, 5.41) is 0.183. The lowest BCUT2D eigenvalue weighted by Crippen LogP contribution is -2.40. The molecule has 0 saturated heterocycles. The largest absolute Gasteiger partial charge is 0.489 e. The average Bonchev–Trinajstić information content (AvgIpc) is 2.66. The molecule has 4 nitrogen and oxygen atoms in total. The first kappa shape index (κ1) is 23.6. The number of hydrogen-bond donors (Lipinski definition) is 0. The van der Waals surface area contributed by atoms with Gasteiger partial charge in [0.05, 0.1) is 20.1 Å². The number of esters is 1. The zero-order chi connectivity index (χ0) is 21.7. The Kier molecular flexibility index (Phi) is 8.08. The van der Waals surface area contributed by atoms with E-state index in [1.807, 2.05) is 36.4 Å². The fourth-order valence-corrected chi connectivity index (χ4v) is 3.78. The van der Waals surface area contributed by atoms with Crippen LogP contribution in [0, 0.1) is 0 Å². The number of hydrogen-bond acceptors (Lipinski definition) is 4. The summed E-state index contributed by atoms with van der Waals surface area (Å²) in [5.41, 5.74) is 2.98.